The molecule has 1 amide bonds. The van der Waals surface area contributed by atoms with Crippen LogP contribution in [0.25, 0.3) is 22.4 Å². The van der Waals surface area contributed by atoms with E-state index < -0.39 is 0 Å². The number of carbonyl (C=O) groups is 1. The number of para-hydroxylation sites is 2. The summed E-state index contributed by atoms with van der Waals surface area (Å²) in [5.74, 6) is 0.732. The number of benzene rings is 2. The van der Waals surface area contributed by atoms with E-state index in [4.69, 9.17) is 0 Å². The number of aromatic nitrogens is 2. The average molecular weight is 344 g/mol. The van der Waals surface area contributed by atoms with Crippen LogP contribution in [0, 0.1) is 0 Å². The average Bonchev–Trinajstić information content (AvgIpc) is 2.90. The van der Waals surface area contributed by atoms with Gasteiger partial charge in [-0.15, -0.1) is 0 Å². The number of amides is 1. The Bertz CT molecular complexity index is 792. The van der Waals surface area contributed by atoms with Gasteiger partial charge in [0.15, 0.2) is 0 Å². The lowest BCUT2D eigenvalue weighted by Gasteiger charge is -2.18. The van der Waals surface area contributed by atoms with Gasteiger partial charge in [-0.05, 0) is 30.3 Å². The smallest absolute Gasteiger partial charge is 0.223 e. The van der Waals surface area contributed by atoms with Gasteiger partial charge in [0.1, 0.15) is 5.82 Å². The zero-order chi connectivity index (χ0) is 15.0. The van der Waals surface area contributed by atoms with Gasteiger partial charge in [-0.3, -0.25) is 4.79 Å². The molecule has 0 saturated heterocycles. The Morgan fingerprint density at radius 1 is 1.24 bits per heavy atom. The first-order valence-electron chi connectivity index (χ1n) is 6.55. The Labute approximate surface area is 130 Å². The number of aromatic amines is 1. The number of nitrogens with one attached hydrogen (secondary N) is 1. The van der Waals surface area contributed by atoms with Crippen LogP contribution < -0.4 is 4.90 Å². The molecule has 0 spiro atoms. The van der Waals surface area contributed by atoms with E-state index in [-0.39, 0.29) is 5.91 Å². The second kappa shape index (κ2) is 5.33. The Morgan fingerprint density at radius 2 is 2.00 bits per heavy atom. The molecule has 3 aromatic rings. The van der Waals surface area contributed by atoms with Crippen molar-refractivity contribution in [1.82, 2.24) is 9.97 Å². The summed E-state index contributed by atoms with van der Waals surface area (Å²) in [6.45, 7) is 1.55. The third-order valence-electron chi connectivity index (χ3n) is 3.44. The number of hydrogen-bond acceptors (Lipinski definition) is 2. The third kappa shape index (κ3) is 2.56. The summed E-state index contributed by atoms with van der Waals surface area (Å²) in [7, 11) is 1.76. The van der Waals surface area contributed by atoms with E-state index in [1.54, 1.807) is 18.9 Å². The molecular weight excluding hydrogens is 330 g/mol. The van der Waals surface area contributed by atoms with Gasteiger partial charge in [-0.2, -0.15) is 0 Å². The molecule has 1 heterocycles. The lowest BCUT2D eigenvalue weighted by Crippen LogP contribution is -2.23. The number of H-pyrrole nitrogens is 1. The summed E-state index contributed by atoms with van der Waals surface area (Å²) in [5.41, 5.74) is 3.59. The highest BCUT2D eigenvalue weighted by Crippen LogP contribution is 2.32. The van der Waals surface area contributed by atoms with Crippen molar-refractivity contribution < 1.29 is 4.79 Å². The number of halogens is 1. The van der Waals surface area contributed by atoms with Gasteiger partial charge in [0, 0.05) is 24.0 Å². The Balaban J connectivity index is 2.20. The van der Waals surface area contributed by atoms with Crippen molar-refractivity contribution >= 4 is 38.6 Å². The molecule has 1 N–H and O–H groups in total. The summed E-state index contributed by atoms with van der Waals surface area (Å²) in [4.78, 5) is 21.2. The van der Waals surface area contributed by atoms with E-state index in [9.17, 15) is 4.79 Å². The van der Waals surface area contributed by atoms with Crippen LogP contribution in [0.2, 0.25) is 0 Å². The van der Waals surface area contributed by atoms with Crippen LogP contribution in [-0.2, 0) is 4.79 Å². The lowest BCUT2D eigenvalue weighted by atomic mass is 10.1. The molecule has 106 valence electrons. The van der Waals surface area contributed by atoms with E-state index in [0.717, 1.165) is 32.6 Å². The molecule has 5 heteroatoms. The normalized spacial score (nSPS) is 10.8. The van der Waals surface area contributed by atoms with E-state index in [1.807, 2.05) is 42.5 Å². The Kier molecular flexibility index (Phi) is 3.51. The summed E-state index contributed by atoms with van der Waals surface area (Å²) in [6, 6.07) is 13.7. The molecule has 0 unspecified atom stereocenters. The first-order valence-corrected chi connectivity index (χ1v) is 7.34. The molecule has 21 heavy (non-hydrogen) atoms. The summed E-state index contributed by atoms with van der Waals surface area (Å²) < 4.78 is 0.943. The number of carbonyl (C=O) groups excluding carboxylic acids is 1. The molecule has 0 bridgehead atoms. The van der Waals surface area contributed by atoms with Gasteiger partial charge < -0.3 is 9.88 Å². The fourth-order valence-corrected chi connectivity index (χ4v) is 2.60. The van der Waals surface area contributed by atoms with Crippen molar-refractivity contribution in [3.63, 3.8) is 0 Å². The van der Waals surface area contributed by atoms with Gasteiger partial charge >= 0.3 is 0 Å². The molecule has 0 aliphatic heterocycles. The van der Waals surface area contributed by atoms with Crippen molar-refractivity contribution in [2.75, 3.05) is 11.9 Å². The number of anilines is 1. The molecule has 3 rings (SSSR count). The molecule has 1 aromatic heterocycles. The summed E-state index contributed by atoms with van der Waals surface area (Å²) in [6.07, 6.45) is 0. The number of hydrogen-bond donors (Lipinski definition) is 1. The maximum Gasteiger partial charge on any atom is 0.223 e. The molecule has 2 aromatic carbocycles. The Hall–Kier alpha value is -2.14. The lowest BCUT2D eigenvalue weighted by molar-refractivity contribution is -0.116. The number of nitrogens with zero attached hydrogens (tertiary/aromatic N) is 2. The van der Waals surface area contributed by atoms with E-state index in [2.05, 4.69) is 25.9 Å². The van der Waals surface area contributed by atoms with Gasteiger partial charge in [-0.25, -0.2) is 4.98 Å². The molecule has 0 fully saturated rings. The van der Waals surface area contributed by atoms with E-state index in [0.29, 0.717) is 0 Å². The van der Waals surface area contributed by atoms with Crippen molar-refractivity contribution in [2.45, 2.75) is 6.92 Å². The zero-order valence-electron chi connectivity index (χ0n) is 11.7. The van der Waals surface area contributed by atoms with Crippen LogP contribution >= 0.6 is 15.9 Å². The van der Waals surface area contributed by atoms with Crippen LogP contribution in [0.15, 0.2) is 46.9 Å². The topological polar surface area (TPSA) is 49.0 Å². The highest BCUT2D eigenvalue weighted by Gasteiger charge is 2.15. The molecule has 0 aliphatic carbocycles. The van der Waals surface area contributed by atoms with Gasteiger partial charge in [0.05, 0.1) is 16.7 Å². The van der Waals surface area contributed by atoms with Crippen molar-refractivity contribution in [2.24, 2.45) is 0 Å². The number of rotatable bonds is 2. The Morgan fingerprint density at radius 3 is 2.71 bits per heavy atom. The predicted molar refractivity (Wildman–Crippen MR) is 88.3 cm³/mol. The zero-order valence-corrected chi connectivity index (χ0v) is 13.3. The first kappa shape index (κ1) is 13.8. The van der Waals surface area contributed by atoms with Gasteiger partial charge in [-0.1, -0.05) is 28.1 Å². The standard InChI is InChI=1S/C16H14BrN3O/c1-10(21)20(2)15-8-7-11(17)9-12(15)16-18-13-5-3-4-6-14(13)19-16/h3-9H,1-2H3,(H,18,19). The first-order chi connectivity index (χ1) is 10.1. The van der Waals surface area contributed by atoms with Crippen LogP contribution in [0.4, 0.5) is 5.69 Å². The SMILES string of the molecule is CC(=O)N(C)c1ccc(Br)cc1-c1nc2ccccc2[nH]1. The van der Waals surface area contributed by atoms with E-state index >= 15 is 0 Å². The molecule has 0 radical (unpaired) electrons. The third-order valence-corrected chi connectivity index (χ3v) is 3.93. The number of fused-ring (bicyclic) bond motifs is 1. The highest BCUT2D eigenvalue weighted by atomic mass is 79.9. The monoisotopic (exact) mass is 343 g/mol. The van der Waals surface area contributed by atoms with Crippen molar-refractivity contribution in [3.8, 4) is 11.4 Å². The molecule has 0 atom stereocenters. The summed E-state index contributed by atoms with van der Waals surface area (Å²) in [5, 5.41) is 0. The van der Waals surface area contributed by atoms with Crippen molar-refractivity contribution in [1.29, 1.82) is 0 Å². The van der Waals surface area contributed by atoms with E-state index in [1.165, 1.54) is 0 Å². The van der Waals surface area contributed by atoms with Crippen LogP contribution in [0.5, 0.6) is 0 Å². The predicted octanol–water partition coefficient (Wildman–Crippen LogP) is 3.98. The summed E-state index contributed by atoms with van der Waals surface area (Å²) >= 11 is 3.48. The molecule has 0 saturated carbocycles. The van der Waals surface area contributed by atoms with Crippen molar-refractivity contribution in [3.05, 3.63) is 46.9 Å². The molecule has 0 aliphatic rings. The van der Waals surface area contributed by atoms with Crippen LogP contribution in [-0.4, -0.2) is 22.9 Å². The fraction of sp³-hybridized carbons (Fsp3) is 0.125. The minimum absolute atomic E-state index is 0.0188. The minimum Gasteiger partial charge on any atom is -0.338 e. The second-order valence-corrected chi connectivity index (χ2v) is 5.76. The quantitative estimate of drug-likeness (QED) is 0.765. The fourth-order valence-electron chi connectivity index (χ4n) is 2.24. The maximum absolute atomic E-state index is 11.7. The van der Waals surface area contributed by atoms with Gasteiger partial charge in [0.25, 0.3) is 0 Å². The van der Waals surface area contributed by atoms with Crippen LogP contribution in [0.1, 0.15) is 6.92 Å². The highest BCUT2D eigenvalue weighted by molar-refractivity contribution is 9.10. The second-order valence-electron chi connectivity index (χ2n) is 4.84. The maximum atomic E-state index is 11.7. The molecule has 4 nitrogen and oxygen atoms in total. The van der Waals surface area contributed by atoms with Gasteiger partial charge in [0.2, 0.25) is 5.91 Å². The number of imidazole rings is 1. The molecular formula is C16H14BrN3O. The minimum atomic E-state index is -0.0188. The van der Waals surface area contributed by atoms with Crippen LogP contribution in [0.3, 0.4) is 0 Å². The largest absolute Gasteiger partial charge is 0.338 e.